The van der Waals surface area contributed by atoms with Crippen LogP contribution in [0.1, 0.15) is 24.8 Å². The number of ether oxygens (including phenoxy) is 1. The van der Waals surface area contributed by atoms with Gasteiger partial charge >= 0.3 is 0 Å². The van der Waals surface area contributed by atoms with Crippen LogP contribution in [0.5, 0.6) is 0 Å². The van der Waals surface area contributed by atoms with E-state index in [-0.39, 0.29) is 17.7 Å². The first-order valence-electron chi connectivity index (χ1n) is 9.46. The van der Waals surface area contributed by atoms with E-state index in [1.165, 1.54) is 18.4 Å². The van der Waals surface area contributed by atoms with Gasteiger partial charge in [0.2, 0.25) is 0 Å². The maximum Gasteiger partial charge on any atom is 0.258 e. The Balaban J connectivity index is 1.18. The van der Waals surface area contributed by atoms with Gasteiger partial charge in [-0.2, -0.15) is 0 Å². The first-order valence-corrected chi connectivity index (χ1v) is 9.46. The predicted octanol–water partition coefficient (Wildman–Crippen LogP) is 1.59. The van der Waals surface area contributed by atoms with Crippen molar-refractivity contribution in [3.05, 3.63) is 41.6 Å². The molecule has 2 saturated heterocycles. The minimum Gasteiger partial charge on any atom is -0.372 e. The molecule has 1 aromatic rings. The van der Waals surface area contributed by atoms with Gasteiger partial charge in [-0.1, -0.05) is 12.1 Å². The van der Waals surface area contributed by atoms with Crippen molar-refractivity contribution in [1.82, 2.24) is 10.6 Å². The summed E-state index contributed by atoms with van der Waals surface area (Å²) in [5, 5.41) is 9.66. The number of morpholine rings is 1. The quantitative estimate of drug-likeness (QED) is 0.752. The molecule has 1 unspecified atom stereocenters. The molecule has 6 nitrogen and oxygen atoms in total. The Hall–Kier alpha value is -2.18. The summed E-state index contributed by atoms with van der Waals surface area (Å²) in [6.45, 7) is 1.75. The van der Waals surface area contributed by atoms with E-state index in [0.29, 0.717) is 17.5 Å². The van der Waals surface area contributed by atoms with Crippen LogP contribution in [-0.2, 0) is 16.0 Å². The second-order valence-corrected chi connectivity index (χ2v) is 7.93. The standard InChI is InChI=1S/C20H24N4O2/c25-19(15-9-21-18(22-10-15)14-3-4-14)24-16-5-1-13(2-6-16)7-20-8-17(11-26-20)23-12-20/h1-2,5-6,9-10,14,17-18,21,23H,3-4,7-8,11-12H2,(H,24,25)/t17-,18?,20-/m1/s1. The first-order chi connectivity index (χ1) is 12.7. The van der Waals surface area contributed by atoms with Gasteiger partial charge in [0.15, 0.2) is 0 Å². The van der Waals surface area contributed by atoms with Crippen LogP contribution >= 0.6 is 0 Å². The molecule has 136 valence electrons. The third-order valence-corrected chi connectivity index (χ3v) is 5.77. The molecule has 2 bridgehead atoms. The van der Waals surface area contributed by atoms with E-state index in [4.69, 9.17) is 4.74 Å². The molecule has 4 aliphatic rings. The van der Waals surface area contributed by atoms with E-state index in [9.17, 15) is 4.79 Å². The average Bonchev–Trinajstić information content (AvgIpc) is 3.35. The summed E-state index contributed by atoms with van der Waals surface area (Å²) in [4.78, 5) is 16.8. The summed E-state index contributed by atoms with van der Waals surface area (Å²) < 4.78 is 5.99. The molecule has 1 saturated carbocycles. The number of fused-ring (bicyclic) bond motifs is 2. The second kappa shape index (κ2) is 6.21. The lowest BCUT2D eigenvalue weighted by Gasteiger charge is -2.26. The molecule has 0 aromatic heterocycles. The normalized spacial score (nSPS) is 32.2. The van der Waals surface area contributed by atoms with Gasteiger partial charge in [-0.15, -0.1) is 0 Å². The Morgan fingerprint density at radius 1 is 1.31 bits per heavy atom. The molecule has 1 aromatic carbocycles. The molecule has 26 heavy (non-hydrogen) atoms. The Bertz CT molecular complexity index is 759. The second-order valence-electron chi connectivity index (χ2n) is 7.93. The summed E-state index contributed by atoms with van der Waals surface area (Å²) in [6.07, 6.45) is 8.05. The van der Waals surface area contributed by atoms with Gasteiger partial charge in [-0.25, -0.2) is 0 Å². The molecule has 3 heterocycles. The average molecular weight is 352 g/mol. The van der Waals surface area contributed by atoms with Gasteiger partial charge in [0, 0.05) is 37.1 Å². The summed E-state index contributed by atoms with van der Waals surface area (Å²) in [5.41, 5.74) is 2.56. The molecular formula is C20H24N4O2. The fraction of sp³-hybridized carbons (Fsp3) is 0.500. The van der Waals surface area contributed by atoms with E-state index in [0.717, 1.165) is 31.7 Å². The van der Waals surface area contributed by atoms with Crippen molar-refractivity contribution in [2.75, 3.05) is 18.5 Å². The Labute approximate surface area is 153 Å². The third kappa shape index (κ3) is 3.15. The van der Waals surface area contributed by atoms with Gasteiger partial charge < -0.3 is 20.7 Å². The molecule has 1 amide bonds. The highest BCUT2D eigenvalue weighted by Crippen LogP contribution is 2.35. The maximum atomic E-state index is 12.4. The molecule has 3 fully saturated rings. The number of carbonyl (C=O) groups excluding carboxylic acids is 1. The largest absolute Gasteiger partial charge is 0.372 e. The van der Waals surface area contributed by atoms with Crippen molar-refractivity contribution >= 4 is 17.8 Å². The third-order valence-electron chi connectivity index (χ3n) is 5.77. The van der Waals surface area contributed by atoms with E-state index >= 15 is 0 Å². The lowest BCUT2D eigenvalue weighted by Crippen LogP contribution is -2.40. The Morgan fingerprint density at radius 2 is 2.15 bits per heavy atom. The predicted molar refractivity (Wildman–Crippen MR) is 100 cm³/mol. The lowest BCUT2D eigenvalue weighted by atomic mass is 9.93. The Morgan fingerprint density at radius 3 is 2.73 bits per heavy atom. The minimum atomic E-state index is -0.135. The fourth-order valence-electron chi connectivity index (χ4n) is 4.11. The summed E-state index contributed by atoms with van der Waals surface area (Å²) >= 11 is 0. The van der Waals surface area contributed by atoms with Crippen LogP contribution in [0.3, 0.4) is 0 Å². The topological polar surface area (TPSA) is 74.8 Å². The number of nitrogens with one attached hydrogen (secondary N) is 3. The van der Waals surface area contributed by atoms with Crippen LogP contribution in [0.2, 0.25) is 0 Å². The number of aliphatic imine (C=N–C) groups is 1. The van der Waals surface area contributed by atoms with Crippen LogP contribution in [-0.4, -0.2) is 43.1 Å². The van der Waals surface area contributed by atoms with Crippen molar-refractivity contribution in [1.29, 1.82) is 0 Å². The smallest absolute Gasteiger partial charge is 0.258 e. The van der Waals surface area contributed by atoms with Crippen LogP contribution in [0.15, 0.2) is 41.0 Å². The van der Waals surface area contributed by atoms with Crippen molar-refractivity contribution < 1.29 is 9.53 Å². The molecular weight excluding hydrogens is 328 g/mol. The van der Waals surface area contributed by atoms with Crippen molar-refractivity contribution in [2.45, 2.75) is 43.5 Å². The zero-order chi connectivity index (χ0) is 17.6. The molecule has 1 aliphatic carbocycles. The van der Waals surface area contributed by atoms with Crippen LogP contribution in [0, 0.1) is 5.92 Å². The van der Waals surface area contributed by atoms with Crippen LogP contribution in [0.4, 0.5) is 5.69 Å². The van der Waals surface area contributed by atoms with Gasteiger partial charge in [0.25, 0.3) is 5.91 Å². The number of anilines is 1. The number of nitrogens with zero attached hydrogens (tertiary/aromatic N) is 1. The van der Waals surface area contributed by atoms with Crippen molar-refractivity contribution in [3.8, 4) is 0 Å². The van der Waals surface area contributed by atoms with Gasteiger partial charge in [0.1, 0.15) is 6.17 Å². The number of benzene rings is 1. The van der Waals surface area contributed by atoms with E-state index < -0.39 is 0 Å². The van der Waals surface area contributed by atoms with E-state index in [1.807, 2.05) is 12.1 Å². The van der Waals surface area contributed by atoms with Gasteiger partial charge in [0.05, 0.1) is 17.8 Å². The minimum absolute atomic E-state index is 0.0391. The summed E-state index contributed by atoms with van der Waals surface area (Å²) in [7, 11) is 0. The van der Waals surface area contributed by atoms with E-state index in [1.54, 1.807) is 12.4 Å². The maximum absolute atomic E-state index is 12.4. The zero-order valence-electron chi connectivity index (χ0n) is 14.7. The van der Waals surface area contributed by atoms with Crippen molar-refractivity contribution in [3.63, 3.8) is 0 Å². The van der Waals surface area contributed by atoms with Crippen LogP contribution < -0.4 is 16.0 Å². The number of hydrogen-bond acceptors (Lipinski definition) is 5. The molecule has 3 N–H and O–H groups in total. The van der Waals surface area contributed by atoms with Crippen LogP contribution in [0.25, 0.3) is 0 Å². The highest BCUT2D eigenvalue weighted by molar-refractivity contribution is 6.17. The highest BCUT2D eigenvalue weighted by Gasteiger charge is 2.45. The number of hydrogen-bond donors (Lipinski definition) is 3. The molecule has 3 aliphatic heterocycles. The monoisotopic (exact) mass is 352 g/mol. The summed E-state index contributed by atoms with van der Waals surface area (Å²) in [6, 6.07) is 8.58. The highest BCUT2D eigenvalue weighted by atomic mass is 16.5. The first kappa shape index (κ1) is 16.0. The summed E-state index contributed by atoms with van der Waals surface area (Å²) in [5.74, 6) is 0.497. The number of carbonyl (C=O) groups is 1. The molecule has 6 heteroatoms. The van der Waals surface area contributed by atoms with E-state index in [2.05, 4.69) is 33.1 Å². The zero-order valence-corrected chi connectivity index (χ0v) is 14.7. The van der Waals surface area contributed by atoms with Crippen molar-refractivity contribution in [2.24, 2.45) is 10.9 Å². The lowest BCUT2D eigenvalue weighted by molar-refractivity contribution is -0.112. The van der Waals surface area contributed by atoms with Gasteiger partial charge in [-0.3, -0.25) is 9.79 Å². The number of amides is 1. The molecule has 0 radical (unpaired) electrons. The van der Waals surface area contributed by atoms with Gasteiger partial charge in [-0.05, 0) is 42.9 Å². The molecule has 3 atom stereocenters. The Kier molecular flexibility index (Phi) is 3.83. The molecule has 5 rings (SSSR count). The molecule has 0 spiro atoms. The SMILES string of the molecule is O=C(Nc1ccc(C[C@@]23CN[C@@H](CO2)C3)cc1)C1=CNC(C2CC2)N=C1. The fourth-order valence-corrected chi connectivity index (χ4v) is 4.11. The number of rotatable bonds is 5.